The molecule has 0 atom stereocenters. The average molecular weight is 360 g/mol. The van der Waals surface area contributed by atoms with E-state index in [0.717, 1.165) is 10.9 Å². The second kappa shape index (κ2) is 7.19. The lowest BCUT2D eigenvalue weighted by Crippen LogP contribution is -2.41. The average Bonchev–Trinajstić information content (AvgIpc) is 2.73. The van der Waals surface area contributed by atoms with Crippen LogP contribution in [0.5, 0.6) is 0 Å². The molecule has 1 fully saturated rings. The molecule has 0 radical (unpaired) electrons. The summed E-state index contributed by atoms with van der Waals surface area (Å²) in [6.45, 7) is 1.02. The van der Waals surface area contributed by atoms with Crippen molar-refractivity contribution in [3.8, 4) is 0 Å². The van der Waals surface area contributed by atoms with Crippen molar-refractivity contribution in [2.24, 2.45) is 5.92 Å². The van der Waals surface area contributed by atoms with Crippen molar-refractivity contribution in [1.29, 1.82) is 0 Å². The number of H-pyrrole nitrogens is 1. The highest BCUT2D eigenvalue weighted by molar-refractivity contribution is 5.99. The molecule has 1 amide bonds. The number of aromatic amines is 1. The van der Waals surface area contributed by atoms with Gasteiger partial charge in [0.15, 0.2) is 5.78 Å². The van der Waals surface area contributed by atoms with Crippen molar-refractivity contribution in [1.82, 2.24) is 9.88 Å². The Morgan fingerprint density at radius 3 is 2.33 bits per heavy atom. The van der Waals surface area contributed by atoms with Crippen LogP contribution < -0.4 is 5.56 Å². The van der Waals surface area contributed by atoms with Crippen LogP contribution in [-0.4, -0.2) is 34.7 Å². The summed E-state index contributed by atoms with van der Waals surface area (Å²) in [6, 6.07) is 18.2. The third-order valence-corrected chi connectivity index (χ3v) is 5.20. The van der Waals surface area contributed by atoms with Gasteiger partial charge in [0.25, 0.3) is 11.5 Å². The Bertz CT molecular complexity index is 1050. The molecular formula is C22H20N2O3. The van der Waals surface area contributed by atoms with E-state index in [2.05, 4.69) is 4.98 Å². The van der Waals surface area contributed by atoms with Crippen molar-refractivity contribution >= 4 is 22.5 Å². The summed E-state index contributed by atoms with van der Waals surface area (Å²) < 4.78 is 0. The van der Waals surface area contributed by atoms with Gasteiger partial charge in [-0.15, -0.1) is 0 Å². The number of hydrogen-bond acceptors (Lipinski definition) is 3. The van der Waals surface area contributed by atoms with Crippen molar-refractivity contribution in [2.75, 3.05) is 13.1 Å². The zero-order chi connectivity index (χ0) is 18.8. The summed E-state index contributed by atoms with van der Waals surface area (Å²) in [6.07, 6.45) is 1.27. The number of Topliss-reactive ketones (excluding diaryl/α,β-unsaturated/α-hetero) is 1. The van der Waals surface area contributed by atoms with Crippen LogP contribution in [-0.2, 0) is 0 Å². The molecule has 27 heavy (non-hydrogen) atoms. The molecule has 1 N–H and O–H groups in total. The minimum absolute atomic E-state index is 0.0629. The summed E-state index contributed by atoms with van der Waals surface area (Å²) in [5, 5.41) is 1.32. The van der Waals surface area contributed by atoms with E-state index in [4.69, 9.17) is 0 Å². The summed E-state index contributed by atoms with van der Waals surface area (Å²) in [5.74, 6) is -0.114. The molecule has 5 nitrogen and oxygen atoms in total. The van der Waals surface area contributed by atoms with Crippen molar-refractivity contribution < 1.29 is 9.59 Å². The van der Waals surface area contributed by atoms with Gasteiger partial charge in [-0.2, -0.15) is 0 Å². The van der Waals surface area contributed by atoms with Gasteiger partial charge in [-0.25, -0.2) is 0 Å². The number of ketones is 1. The minimum Gasteiger partial charge on any atom is -0.337 e. The quantitative estimate of drug-likeness (QED) is 0.729. The normalized spacial score (nSPS) is 15.0. The van der Waals surface area contributed by atoms with Crippen LogP contribution in [0.15, 0.2) is 65.5 Å². The number of nitrogens with zero attached hydrogens (tertiary/aromatic N) is 1. The number of rotatable bonds is 3. The van der Waals surface area contributed by atoms with Crippen molar-refractivity contribution in [3.63, 3.8) is 0 Å². The first-order valence-corrected chi connectivity index (χ1v) is 9.14. The maximum Gasteiger partial charge on any atom is 0.270 e. The van der Waals surface area contributed by atoms with E-state index in [9.17, 15) is 14.4 Å². The largest absolute Gasteiger partial charge is 0.337 e. The molecule has 1 saturated heterocycles. The maximum atomic E-state index is 12.8. The van der Waals surface area contributed by atoms with Crippen LogP contribution in [0, 0.1) is 5.92 Å². The number of benzene rings is 2. The number of carbonyl (C=O) groups excluding carboxylic acids is 2. The number of fused-ring (bicyclic) bond motifs is 1. The van der Waals surface area contributed by atoms with Crippen LogP contribution in [0.3, 0.4) is 0 Å². The van der Waals surface area contributed by atoms with Crippen molar-refractivity contribution in [2.45, 2.75) is 12.8 Å². The number of pyridine rings is 1. The highest BCUT2D eigenvalue weighted by Gasteiger charge is 2.28. The third-order valence-electron chi connectivity index (χ3n) is 5.20. The molecule has 1 aromatic heterocycles. The third kappa shape index (κ3) is 3.40. The number of nitrogens with one attached hydrogen (secondary N) is 1. The van der Waals surface area contributed by atoms with Gasteiger partial charge in [0.05, 0.1) is 0 Å². The number of piperidine rings is 1. The molecule has 5 heteroatoms. The predicted octanol–water partition coefficient (Wildman–Crippen LogP) is 3.26. The predicted molar refractivity (Wildman–Crippen MR) is 104 cm³/mol. The smallest absolute Gasteiger partial charge is 0.270 e. The summed E-state index contributed by atoms with van der Waals surface area (Å²) in [7, 11) is 0. The van der Waals surface area contributed by atoms with E-state index in [1.807, 2.05) is 42.5 Å². The summed E-state index contributed by atoms with van der Waals surface area (Å²) in [4.78, 5) is 42.0. The van der Waals surface area contributed by atoms with E-state index >= 15 is 0 Å². The SMILES string of the molecule is O=C(c1ccccc1)C1CCN(C(=O)c2cc3ccccc3c(=O)[nH]2)CC1. The van der Waals surface area contributed by atoms with Gasteiger partial charge in [0, 0.05) is 30.0 Å². The lowest BCUT2D eigenvalue weighted by Gasteiger charge is -2.31. The molecular weight excluding hydrogens is 340 g/mol. The molecule has 2 aromatic carbocycles. The minimum atomic E-state index is -0.259. The number of carbonyl (C=O) groups is 2. The molecule has 3 aromatic rings. The fourth-order valence-electron chi connectivity index (χ4n) is 3.68. The molecule has 0 spiro atoms. The molecule has 1 aliphatic rings. The summed E-state index contributed by atoms with van der Waals surface area (Å²) >= 11 is 0. The Balaban J connectivity index is 1.48. The number of hydrogen-bond donors (Lipinski definition) is 1. The lowest BCUT2D eigenvalue weighted by molar-refractivity contribution is 0.0645. The van der Waals surface area contributed by atoms with Gasteiger partial charge in [0.1, 0.15) is 5.69 Å². The van der Waals surface area contributed by atoms with E-state index in [-0.39, 0.29) is 23.2 Å². The molecule has 0 unspecified atom stereocenters. The number of aromatic nitrogens is 1. The summed E-state index contributed by atoms with van der Waals surface area (Å²) in [5.41, 5.74) is 0.762. The zero-order valence-corrected chi connectivity index (χ0v) is 14.9. The lowest BCUT2D eigenvalue weighted by atomic mass is 9.89. The second-order valence-corrected chi connectivity index (χ2v) is 6.90. The number of likely N-dealkylation sites (tertiary alicyclic amines) is 1. The second-order valence-electron chi connectivity index (χ2n) is 6.90. The molecule has 0 bridgehead atoms. The molecule has 1 aliphatic heterocycles. The number of amides is 1. The van der Waals surface area contributed by atoms with E-state index in [1.165, 1.54) is 0 Å². The first-order valence-electron chi connectivity index (χ1n) is 9.14. The molecule has 2 heterocycles. The first kappa shape index (κ1) is 17.2. The maximum absolute atomic E-state index is 12.8. The standard InChI is InChI=1S/C22H20N2O3/c25-20(15-6-2-1-3-7-15)16-10-12-24(13-11-16)22(27)19-14-17-8-4-5-9-18(17)21(26)23-19/h1-9,14,16H,10-13H2,(H,23,26). The van der Waals surface area contributed by atoms with Crippen LogP contribution in [0.25, 0.3) is 10.8 Å². The van der Waals surface area contributed by atoms with Crippen LogP contribution >= 0.6 is 0 Å². The van der Waals surface area contributed by atoms with E-state index < -0.39 is 0 Å². The molecule has 0 aliphatic carbocycles. The van der Waals surface area contributed by atoms with Crippen LogP contribution in [0.1, 0.15) is 33.7 Å². The monoisotopic (exact) mass is 360 g/mol. The Morgan fingerprint density at radius 2 is 1.59 bits per heavy atom. The van der Waals surface area contributed by atoms with Gasteiger partial charge in [0.2, 0.25) is 0 Å². The van der Waals surface area contributed by atoms with Crippen LogP contribution in [0.4, 0.5) is 0 Å². The van der Waals surface area contributed by atoms with Gasteiger partial charge in [-0.05, 0) is 30.4 Å². The van der Waals surface area contributed by atoms with E-state index in [0.29, 0.717) is 37.0 Å². The Hall–Kier alpha value is -3.21. The fraction of sp³-hybridized carbons (Fsp3) is 0.227. The Morgan fingerprint density at radius 1 is 0.926 bits per heavy atom. The Kier molecular flexibility index (Phi) is 4.59. The highest BCUT2D eigenvalue weighted by Crippen LogP contribution is 2.23. The fourth-order valence-corrected chi connectivity index (χ4v) is 3.68. The van der Waals surface area contributed by atoms with Gasteiger partial charge in [-0.3, -0.25) is 14.4 Å². The topological polar surface area (TPSA) is 70.2 Å². The van der Waals surface area contributed by atoms with Gasteiger partial charge < -0.3 is 9.88 Å². The molecule has 0 saturated carbocycles. The van der Waals surface area contributed by atoms with Gasteiger partial charge in [-0.1, -0.05) is 48.5 Å². The highest BCUT2D eigenvalue weighted by atomic mass is 16.2. The Labute approximate surface area is 156 Å². The van der Waals surface area contributed by atoms with Crippen molar-refractivity contribution in [3.05, 3.63) is 82.3 Å². The zero-order valence-electron chi connectivity index (χ0n) is 14.9. The van der Waals surface area contributed by atoms with E-state index in [1.54, 1.807) is 23.1 Å². The first-order chi connectivity index (χ1) is 13.1. The molecule has 4 rings (SSSR count). The molecule has 136 valence electrons. The van der Waals surface area contributed by atoms with Gasteiger partial charge >= 0.3 is 0 Å². The van der Waals surface area contributed by atoms with Crippen LogP contribution in [0.2, 0.25) is 0 Å².